The Kier molecular flexibility index (Phi) is 5.79. The molecule has 1 amide bonds. The second kappa shape index (κ2) is 8.02. The highest BCUT2D eigenvalue weighted by Gasteiger charge is 2.20. The molecule has 3 rings (SSSR count). The second-order valence-electron chi connectivity index (χ2n) is 6.54. The lowest BCUT2D eigenvalue weighted by atomic mass is 10.2. The van der Waals surface area contributed by atoms with Crippen LogP contribution in [0, 0.1) is 5.92 Å². The number of carbonyl (C=O) groups excluding carboxylic acids is 1. The summed E-state index contributed by atoms with van der Waals surface area (Å²) in [7, 11) is 0. The average molecular weight is 318 g/mol. The largest absolute Gasteiger partial charge is 0.325 e. The average Bonchev–Trinajstić information content (AvgIpc) is 3.18. The van der Waals surface area contributed by atoms with Gasteiger partial charge in [-0.1, -0.05) is 25.0 Å². The van der Waals surface area contributed by atoms with Gasteiger partial charge >= 0.3 is 0 Å². The summed E-state index contributed by atoms with van der Waals surface area (Å²) in [5, 5.41) is 7.06. The molecule has 1 aromatic carbocycles. The summed E-state index contributed by atoms with van der Waals surface area (Å²) in [6, 6.07) is 8.28. The molecular formula is C18H26N2OS. The van der Waals surface area contributed by atoms with Crippen molar-refractivity contribution >= 4 is 23.4 Å². The Morgan fingerprint density at radius 2 is 2.00 bits per heavy atom. The second-order valence-corrected chi connectivity index (χ2v) is 7.83. The van der Waals surface area contributed by atoms with Gasteiger partial charge in [-0.05, 0) is 55.8 Å². The Balaban J connectivity index is 1.41. The number of anilines is 1. The Labute approximate surface area is 137 Å². The fourth-order valence-corrected chi connectivity index (χ4v) is 4.20. The molecule has 2 aliphatic rings. The highest BCUT2D eigenvalue weighted by Crippen LogP contribution is 2.32. The topological polar surface area (TPSA) is 41.1 Å². The van der Waals surface area contributed by atoms with Crippen LogP contribution in [-0.4, -0.2) is 24.2 Å². The Hall–Kier alpha value is -1.00. The molecule has 4 heteroatoms. The first kappa shape index (κ1) is 15.9. The van der Waals surface area contributed by atoms with E-state index in [-0.39, 0.29) is 5.91 Å². The molecule has 2 fully saturated rings. The van der Waals surface area contributed by atoms with Crippen molar-refractivity contribution < 1.29 is 4.79 Å². The van der Waals surface area contributed by atoms with Crippen LogP contribution in [0.2, 0.25) is 0 Å². The number of benzene rings is 1. The maximum Gasteiger partial charge on any atom is 0.238 e. The number of carbonyl (C=O) groups is 1. The molecule has 3 nitrogen and oxygen atoms in total. The maximum absolute atomic E-state index is 11.9. The summed E-state index contributed by atoms with van der Waals surface area (Å²) in [5.74, 6) is 1.92. The monoisotopic (exact) mass is 318 g/mol. The first-order chi connectivity index (χ1) is 10.8. The number of nitrogens with one attached hydrogen (secondary N) is 2. The van der Waals surface area contributed by atoms with Crippen LogP contribution in [0.5, 0.6) is 0 Å². The first-order valence-electron chi connectivity index (χ1n) is 8.51. The quantitative estimate of drug-likeness (QED) is 0.766. The molecule has 0 aliphatic heterocycles. The van der Waals surface area contributed by atoms with Crippen molar-refractivity contribution in [3.05, 3.63) is 29.8 Å². The minimum Gasteiger partial charge on any atom is -0.325 e. The fraction of sp³-hybridized carbons (Fsp3) is 0.611. The summed E-state index contributed by atoms with van der Waals surface area (Å²) in [4.78, 5) is 11.9. The van der Waals surface area contributed by atoms with E-state index < -0.39 is 0 Å². The molecule has 0 unspecified atom stereocenters. The summed E-state index contributed by atoms with van der Waals surface area (Å²) in [6.45, 7) is 1.39. The summed E-state index contributed by atoms with van der Waals surface area (Å²) in [5.41, 5.74) is 2.23. The van der Waals surface area contributed by atoms with E-state index in [1.54, 1.807) is 0 Å². The first-order valence-corrected chi connectivity index (χ1v) is 9.55. The van der Waals surface area contributed by atoms with Crippen LogP contribution in [0.3, 0.4) is 0 Å². The molecule has 22 heavy (non-hydrogen) atoms. The van der Waals surface area contributed by atoms with Gasteiger partial charge in [-0.3, -0.25) is 4.79 Å². The lowest BCUT2D eigenvalue weighted by Crippen LogP contribution is -2.29. The minimum atomic E-state index is 0.0567. The van der Waals surface area contributed by atoms with Crippen LogP contribution in [0.1, 0.15) is 44.1 Å². The predicted octanol–water partition coefficient (Wildman–Crippen LogP) is 3.80. The van der Waals surface area contributed by atoms with E-state index in [0.717, 1.165) is 29.2 Å². The van der Waals surface area contributed by atoms with Crippen molar-refractivity contribution in [2.45, 2.75) is 49.5 Å². The summed E-state index contributed by atoms with van der Waals surface area (Å²) >= 11 is 2.06. The van der Waals surface area contributed by atoms with E-state index in [4.69, 9.17) is 0 Å². The van der Waals surface area contributed by atoms with Crippen LogP contribution in [0.15, 0.2) is 24.3 Å². The van der Waals surface area contributed by atoms with Crippen molar-refractivity contribution in [2.24, 2.45) is 5.92 Å². The van der Waals surface area contributed by atoms with Gasteiger partial charge in [0.25, 0.3) is 0 Å². The zero-order valence-corrected chi connectivity index (χ0v) is 14.0. The molecule has 2 N–H and O–H groups in total. The molecule has 0 aromatic heterocycles. The van der Waals surface area contributed by atoms with E-state index in [1.807, 2.05) is 12.1 Å². The molecule has 1 aromatic rings. The van der Waals surface area contributed by atoms with Crippen molar-refractivity contribution in [3.8, 4) is 0 Å². The SMILES string of the molecule is O=C(CNCC1CC1)Nc1cccc(CSC2CCCC2)c1. The van der Waals surface area contributed by atoms with E-state index in [0.29, 0.717) is 6.54 Å². The molecule has 0 heterocycles. The van der Waals surface area contributed by atoms with Gasteiger partial charge in [0.1, 0.15) is 0 Å². The van der Waals surface area contributed by atoms with Gasteiger partial charge in [-0.25, -0.2) is 0 Å². The third-order valence-corrected chi connectivity index (χ3v) is 5.86. The number of amides is 1. The van der Waals surface area contributed by atoms with Crippen LogP contribution < -0.4 is 10.6 Å². The maximum atomic E-state index is 11.9. The third kappa shape index (κ3) is 5.33. The van der Waals surface area contributed by atoms with Gasteiger partial charge in [0.2, 0.25) is 5.91 Å². The van der Waals surface area contributed by atoms with Crippen molar-refractivity contribution in [1.29, 1.82) is 0 Å². The Morgan fingerprint density at radius 1 is 1.18 bits per heavy atom. The highest BCUT2D eigenvalue weighted by atomic mass is 32.2. The van der Waals surface area contributed by atoms with E-state index in [1.165, 1.54) is 44.1 Å². The molecule has 2 aliphatic carbocycles. The molecule has 2 saturated carbocycles. The smallest absolute Gasteiger partial charge is 0.238 e. The third-order valence-electron chi connectivity index (χ3n) is 4.41. The van der Waals surface area contributed by atoms with Crippen molar-refractivity contribution in [2.75, 3.05) is 18.4 Å². The van der Waals surface area contributed by atoms with Crippen LogP contribution in [0.25, 0.3) is 0 Å². The molecule has 0 atom stereocenters. The molecule has 0 radical (unpaired) electrons. The van der Waals surface area contributed by atoms with Gasteiger partial charge in [-0.15, -0.1) is 0 Å². The summed E-state index contributed by atoms with van der Waals surface area (Å²) in [6.07, 6.45) is 8.15. The lowest BCUT2D eigenvalue weighted by Gasteiger charge is -2.10. The molecular weight excluding hydrogens is 292 g/mol. The van der Waals surface area contributed by atoms with Crippen LogP contribution >= 0.6 is 11.8 Å². The number of rotatable bonds is 8. The highest BCUT2D eigenvalue weighted by molar-refractivity contribution is 7.99. The van der Waals surface area contributed by atoms with Gasteiger partial charge in [0.15, 0.2) is 0 Å². The number of thioether (sulfide) groups is 1. The normalized spacial score (nSPS) is 18.5. The molecule has 0 spiro atoms. The summed E-state index contributed by atoms with van der Waals surface area (Å²) < 4.78 is 0. The Bertz CT molecular complexity index is 496. The zero-order chi connectivity index (χ0) is 15.2. The van der Waals surface area contributed by atoms with Crippen LogP contribution in [-0.2, 0) is 10.5 Å². The van der Waals surface area contributed by atoms with Gasteiger partial charge in [-0.2, -0.15) is 11.8 Å². The number of hydrogen-bond acceptors (Lipinski definition) is 3. The Morgan fingerprint density at radius 3 is 2.77 bits per heavy atom. The molecule has 0 saturated heterocycles. The van der Waals surface area contributed by atoms with E-state index in [9.17, 15) is 4.79 Å². The number of hydrogen-bond donors (Lipinski definition) is 2. The van der Waals surface area contributed by atoms with Crippen molar-refractivity contribution in [1.82, 2.24) is 5.32 Å². The molecule has 120 valence electrons. The molecule has 0 bridgehead atoms. The van der Waals surface area contributed by atoms with Crippen LogP contribution in [0.4, 0.5) is 5.69 Å². The van der Waals surface area contributed by atoms with Gasteiger partial charge in [0, 0.05) is 16.7 Å². The van der Waals surface area contributed by atoms with E-state index >= 15 is 0 Å². The lowest BCUT2D eigenvalue weighted by molar-refractivity contribution is -0.115. The predicted molar refractivity (Wildman–Crippen MR) is 94.2 cm³/mol. The van der Waals surface area contributed by atoms with Gasteiger partial charge in [0.05, 0.1) is 6.54 Å². The minimum absolute atomic E-state index is 0.0567. The van der Waals surface area contributed by atoms with Gasteiger partial charge < -0.3 is 10.6 Å². The standard InChI is InChI=1S/C18H26N2OS/c21-18(12-19-11-14-8-9-14)20-16-5-3-4-15(10-16)13-22-17-6-1-2-7-17/h3-5,10,14,17,19H,1-2,6-9,11-13H2,(H,20,21). The zero-order valence-electron chi connectivity index (χ0n) is 13.1. The van der Waals surface area contributed by atoms with Crippen molar-refractivity contribution in [3.63, 3.8) is 0 Å². The van der Waals surface area contributed by atoms with E-state index in [2.05, 4.69) is 34.5 Å². The fourth-order valence-electron chi connectivity index (χ4n) is 2.92.